The summed E-state index contributed by atoms with van der Waals surface area (Å²) in [5.41, 5.74) is 8.16. The Bertz CT molecular complexity index is 1860. The van der Waals surface area contributed by atoms with E-state index in [2.05, 4.69) is 127 Å². The maximum absolute atomic E-state index is 5.12. The fourth-order valence-electron chi connectivity index (χ4n) is 5.17. The van der Waals surface area contributed by atoms with E-state index in [-0.39, 0.29) is 0 Å². The maximum atomic E-state index is 5.12. The smallest absolute Gasteiger partial charge is 0.162 e. The molecule has 3 nitrogen and oxygen atoms in total. The summed E-state index contributed by atoms with van der Waals surface area (Å²) in [5, 5.41) is 2.36. The molecule has 0 aliphatic heterocycles. The van der Waals surface area contributed by atoms with Gasteiger partial charge in [0.2, 0.25) is 0 Å². The number of fused-ring (bicyclic) bond motifs is 3. The van der Waals surface area contributed by atoms with Crippen LogP contribution in [0.3, 0.4) is 0 Å². The monoisotopic (exact) mass is 629 g/mol. The highest BCUT2D eigenvalue weighted by Gasteiger charge is 2.18. The molecule has 0 fully saturated rings. The minimum Gasteiger partial charge on any atom is -0.308 e. The van der Waals surface area contributed by atoms with Gasteiger partial charge in [-0.05, 0) is 54.6 Å². The Morgan fingerprint density at radius 3 is 1.51 bits per heavy atom. The number of benzene rings is 5. The first kappa shape index (κ1) is 24.0. The van der Waals surface area contributed by atoms with Crippen molar-refractivity contribution in [3.63, 3.8) is 0 Å². The predicted molar refractivity (Wildman–Crippen MR) is 168 cm³/mol. The number of hydrogen-bond donors (Lipinski definition) is 0. The molecule has 0 N–H and O–H groups in total. The second kappa shape index (κ2) is 9.92. The van der Waals surface area contributed by atoms with Crippen LogP contribution in [0.4, 0.5) is 0 Å². The number of para-hydroxylation sites is 1. The lowest BCUT2D eigenvalue weighted by Crippen LogP contribution is -2.01. The van der Waals surface area contributed by atoms with E-state index in [4.69, 9.17) is 9.97 Å². The molecule has 2 aromatic heterocycles. The molecule has 0 aliphatic carbocycles. The lowest BCUT2D eigenvalue weighted by molar-refractivity contribution is 1.14. The summed E-state index contributed by atoms with van der Waals surface area (Å²) in [6.45, 7) is 0. The summed E-state index contributed by atoms with van der Waals surface area (Å²) in [6.07, 6.45) is 0. The number of aromatic nitrogens is 3. The number of hydrogen-bond acceptors (Lipinski definition) is 2. The largest absolute Gasteiger partial charge is 0.308 e. The second-order valence-corrected chi connectivity index (χ2v) is 11.2. The van der Waals surface area contributed by atoms with Crippen LogP contribution >= 0.6 is 31.9 Å². The zero-order chi connectivity index (χ0) is 26.3. The van der Waals surface area contributed by atoms with Gasteiger partial charge in [-0.1, -0.05) is 105 Å². The van der Waals surface area contributed by atoms with Crippen LogP contribution in [0.25, 0.3) is 61.4 Å². The molecule has 0 bridgehead atoms. The molecule has 5 aromatic carbocycles. The lowest BCUT2D eigenvalue weighted by Gasteiger charge is -2.15. The van der Waals surface area contributed by atoms with Gasteiger partial charge in [-0.2, -0.15) is 0 Å². The molecule has 5 heteroatoms. The van der Waals surface area contributed by atoms with E-state index in [9.17, 15) is 0 Å². The van der Waals surface area contributed by atoms with Crippen LogP contribution in [0.2, 0.25) is 0 Å². The van der Waals surface area contributed by atoms with Crippen LogP contribution in [0.15, 0.2) is 136 Å². The molecule has 0 atom stereocenters. The fourth-order valence-corrected chi connectivity index (χ4v) is 5.89. The second-order valence-electron chi connectivity index (χ2n) is 9.37. The molecule has 0 radical (unpaired) electrons. The Morgan fingerprint density at radius 2 is 0.974 bits per heavy atom. The van der Waals surface area contributed by atoms with Gasteiger partial charge in [0, 0.05) is 36.4 Å². The summed E-state index contributed by atoms with van der Waals surface area (Å²) >= 11 is 7.35. The highest BCUT2D eigenvalue weighted by Crippen LogP contribution is 2.38. The maximum Gasteiger partial charge on any atom is 0.162 e. The Kier molecular flexibility index (Phi) is 6.11. The average Bonchev–Trinajstić information content (AvgIpc) is 3.30. The van der Waals surface area contributed by atoms with E-state index in [0.717, 1.165) is 53.7 Å². The highest BCUT2D eigenvalue weighted by atomic mass is 79.9. The van der Waals surface area contributed by atoms with Crippen molar-refractivity contribution in [2.75, 3.05) is 0 Å². The quantitative estimate of drug-likeness (QED) is 0.194. The van der Waals surface area contributed by atoms with Crippen molar-refractivity contribution in [2.24, 2.45) is 0 Å². The van der Waals surface area contributed by atoms with E-state index >= 15 is 0 Å². The molecule has 0 amide bonds. The molecule has 0 saturated carbocycles. The molecular formula is C34H21Br2N3. The lowest BCUT2D eigenvalue weighted by atomic mass is 10.1. The van der Waals surface area contributed by atoms with E-state index < -0.39 is 0 Å². The highest BCUT2D eigenvalue weighted by molar-refractivity contribution is 9.10. The van der Waals surface area contributed by atoms with E-state index in [1.807, 2.05) is 36.4 Å². The topological polar surface area (TPSA) is 30.7 Å². The van der Waals surface area contributed by atoms with Gasteiger partial charge in [-0.25, -0.2) is 9.97 Å². The van der Waals surface area contributed by atoms with Crippen molar-refractivity contribution in [3.8, 4) is 39.6 Å². The van der Waals surface area contributed by atoms with Gasteiger partial charge in [0.1, 0.15) is 0 Å². The summed E-state index contributed by atoms with van der Waals surface area (Å²) in [6, 6.07) is 44.0. The molecule has 186 valence electrons. The number of halogens is 2. The molecule has 0 aliphatic rings. The van der Waals surface area contributed by atoms with Gasteiger partial charge in [0.25, 0.3) is 0 Å². The third-order valence-corrected chi connectivity index (χ3v) is 7.93. The van der Waals surface area contributed by atoms with Gasteiger partial charge < -0.3 is 4.57 Å². The Hall–Kier alpha value is -4.06. The zero-order valence-corrected chi connectivity index (χ0v) is 23.9. The van der Waals surface area contributed by atoms with Crippen molar-refractivity contribution >= 4 is 53.7 Å². The van der Waals surface area contributed by atoms with Gasteiger partial charge in [0.05, 0.1) is 28.1 Å². The fraction of sp³-hybridized carbons (Fsp3) is 0. The minimum absolute atomic E-state index is 0.690. The van der Waals surface area contributed by atoms with Gasteiger partial charge in [-0.15, -0.1) is 0 Å². The van der Waals surface area contributed by atoms with Crippen LogP contribution < -0.4 is 0 Å². The molecule has 0 saturated heterocycles. The molecular weight excluding hydrogens is 610 g/mol. The summed E-state index contributed by atoms with van der Waals surface area (Å²) < 4.78 is 4.42. The van der Waals surface area contributed by atoms with Crippen molar-refractivity contribution in [3.05, 3.63) is 136 Å². The van der Waals surface area contributed by atoms with Crippen molar-refractivity contribution in [1.29, 1.82) is 0 Å². The molecule has 0 spiro atoms. The summed E-state index contributed by atoms with van der Waals surface area (Å²) in [5.74, 6) is 0.690. The molecule has 0 unspecified atom stereocenters. The van der Waals surface area contributed by atoms with Crippen molar-refractivity contribution in [2.45, 2.75) is 0 Å². The van der Waals surface area contributed by atoms with Crippen LogP contribution in [-0.2, 0) is 0 Å². The summed E-state index contributed by atoms with van der Waals surface area (Å²) in [7, 11) is 0. The van der Waals surface area contributed by atoms with Crippen LogP contribution in [0.5, 0.6) is 0 Å². The Labute approximate surface area is 243 Å². The van der Waals surface area contributed by atoms with Gasteiger partial charge >= 0.3 is 0 Å². The third kappa shape index (κ3) is 4.38. The Balaban J connectivity index is 1.52. The van der Waals surface area contributed by atoms with E-state index in [1.54, 1.807) is 0 Å². The van der Waals surface area contributed by atoms with Crippen molar-refractivity contribution in [1.82, 2.24) is 14.5 Å². The van der Waals surface area contributed by atoms with Crippen LogP contribution in [-0.4, -0.2) is 14.5 Å². The number of nitrogens with zero attached hydrogens (tertiary/aromatic N) is 3. The zero-order valence-electron chi connectivity index (χ0n) is 20.7. The normalized spacial score (nSPS) is 11.3. The first-order valence-corrected chi connectivity index (χ1v) is 14.2. The van der Waals surface area contributed by atoms with E-state index in [1.165, 1.54) is 10.8 Å². The standard InChI is InChI=1S/C34H21Br2N3/c35-24-15-17-32-27(19-24)28-20-25(36)16-18-33(28)39(32)31-14-8-7-13-26(31)34-37-29(22-9-3-1-4-10-22)21-30(38-34)23-11-5-2-6-12-23/h1-21H. The van der Waals surface area contributed by atoms with Crippen molar-refractivity contribution < 1.29 is 0 Å². The van der Waals surface area contributed by atoms with Gasteiger partial charge in [-0.3, -0.25) is 0 Å². The van der Waals surface area contributed by atoms with Gasteiger partial charge in [0.15, 0.2) is 5.82 Å². The van der Waals surface area contributed by atoms with E-state index in [0.29, 0.717) is 5.82 Å². The first-order valence-electron chi connectivity index (χ1n) is 12.6. The predicted octanol–water partition coefficient (Wildman–Crippen LogP) is 10.1. The SMILES string of the molecule is Brc1ccc2c(c1)c1cc(Br)ccc1n2-c1ccccc1-c1nc(-c2ccccc2)cc(-c2ccccc2)n1. The average molecular weight is 631 g/mol. The Morgan fingerprint density at radius 1 is 0.487 bits per heavy atom. The molecule has 7 aromatic rings. The molecule has 2 heterocycles. The first-order chi connectivity index (χ1) is 19.2. The third-order valence-electron chi connectivity index (χ3n) is 6.94. The molecule has 39 heavy (non-hydrogen) atoms. The summed E-state index contributed by atoms with van der Waals surface area (Å²) in [4.78, 5) is 10.2. The number of rotatable bonds is 4. The minimum atomic E-state index is 0.690. The van der Waals surface area contributed by atoms with Crippen LogP contribution in [0, 0.1) is 0 Å². The molecule has 7 rings (SSSR count). The van der Waals surface area contributed by atoms with Crippen LogP contribution in [0.1, 0.15) is 0 Å².